The van der Waals surface area contributed by atoms with E-state index in [1.165, 1.54) is 12.1 Å². The van der Waals surface area contributed by atoms with Gasteiger partial charge in [-0.05, 0) is 24.6 Å². The molecule has 2 aromatic rings. The first kappa shape index (κ1) is 12.3. The number of halogens is 4. The maximum Gasteiger partial charge on any atom is 0.251 e. The first-order valence-corrected chi connectivity index (χ1v) is 5.02. The highest BCUT2D eigenvalue weighted by atomic mass is 19.2. The molecule has 18 heavy (non-hydrogen) atoms. The molecule has 0 aliphatic rings. The molecule has 0 amide bonds. The van der Waals surface area contributed by atoms with E-state index >= 15 is 0 Å². The molecule has 2 nitrogen and oxygen atoms in total. The Kier molecular flexibility index (Phi) is 3.18. The fourth-order valence-electron chi connectivity index (χ4n) is 1.39. The second kappa shape index (κ2) is 4.64. The van der Waals surface area contributed by atoms with Gasteiger partial charge in [0.15, 0.2) is 17.5 Å². The highest BCUT2D eigenvalue weighted by molar-refractivity contribution is 5.60. The molecule has 94 valence electrons. The number of aryl methyl sites for hydroxylation is 1. The topological polar surface area (TPSA) is 24.9 Å². The fraction of sp³-hybridized carbons (Fsp3) is 0.0833. The third-order valence-corrected chi connectivity index (χ3v) is 2.34. The summed E-state index contributed by atoms with van der Waals surface area (Å²) in [5, 5.41) is 2.42. The van der Waals surface area contributed by atoms with Crippen LogP contribution in [0.5, 0.6) is 0 Å². The average molecular weight is 256 g/mol. The molecule has 1 aromatic heterocycles. The summed E-state index contributed by atoms with van der Waals surface area (Å²) < 4.78 is 51.9. The van der Waals surface area contributed by atoms with Crippen LogP contribution in [0.4, 0.5) is 29.1 Å². The van der Waals surface area contributed by atoms with Gasteiger partial charge in [0, 0.05) is 11.8 Å². The zero-order valence-electron chi connectivity index (χ0n) is 9.27. The Hall–Kier alpha value is -2.11. The molecule has 0 aliphatic heterocycles. The van der Waals surface area contributed by atoms with E-state index in [2.05, 4.69) is 10.3 Å². The summed E-state index contributed by atoms with van der Waals surface area (Å²) in [6, 6.07) is 4.18. The van der Waals surface area contributed by atoms with Gasteiger partial charge in [0.1, 0.15) is 5.82 Å². The molecule has 0 bridgehead atoms. The Morgan fingerprint density at radius 1 is 1.00 bits per heavy atom. The summed E-state index contributed by atoms with van der Waals surface area (Å²) in [6.45, 7) is 1.65. The molecule has 0 aliphatic carbocycles. The average Bonchev–Trinajstić information content (AvgIpc) is 2.30. The van der Waals surface area contributed by atoms with Crippen molar-refractivity contribution in [2.45, 2.75) is 6.92 Å². The van der Waals surface area contributed by atoms with Crippen molar-refractivity contribution < 1.29 is 17.6 Å². The minimum absolute atomic E-state index is 0.229. The van der Waals surface area contributed by atoms with Crippen LogP contribution in [-0.4, -0.2) is 4.98 Å². The number of benzene rings is 1. The highest BCUT2D eigenvalue weighted by Gasteiger charge is 2.12. The largest absolute Gasteiger partial charge is 0.337 e. The molecular weight excluding hydrogens is 248 g/mol. The summed E-state index contributed by atoms with van der Waals surface area (Å²) in [7, 11) is 0. The number of aromatic nitrogens is 1. The minimum Gasteiger partial charge on any atom is -0.337 e. The summed E-state index contributed by atoms with van der Waals surface area (Å²) >= 11 is 0. The SMILES string of the molecule is Cc1ccc(F)cc1Nc1nc(F)c(F)cc1F. The predicted molar refractivity (Wildman–Crippen MR) is 58.5 cm³/mol. The Bertz CT molecular complexity index is 599. The van der Waals surface area contributed by atoms with Gasteiger partial charge < -0.3 is 5.32 Å². The molecule has 1 heterocycles. The molecule has 0 spiro atoms. The number of anilines is 2. The Balaban J connectivity index is 2.40. The molecule has 0 unspecified atom stereocenters. The molecule has 1 aromatic carbocycles. The molecule has 0 saturated carbocycles. The van der Waals surface area contributed by atoms with Gasteiger partial charge in [0.25, 0.3) is 5.95 Å². The first-order chi connectivity index (χ1) is 8.47. The Labute approximate surface area is 100 Å². The number of hydrogen-bond donors (Lipinski definition) is 1. The Morgan fingerprint density at radius 2 is 1.72 bits per heavy atom. The van der Waals surface area contributed by atoms with E-state index in [9.17, 15) is 17.6 Å². The maximum atomic E-state index is 13.3. The van der Waals surface area contributed by atoms with E-state index < -0.39 is 29.2 Å². The van der Waals surface area contributed by atoms with Gasteiger partial charge in [0.05, 0.1) is 0 Å². The lowest BCUT2D eigenvalue weighted by molar-refractivity contribution is 0.467. The number of pyridine rings is 1. The summed E-state index contributed by atoms with van der Waals surface area (Å²) in [4.78, 5) is 3.09. The molecular formula is C12H8F4N2. The molecule has 0 saturated heterocycles. The smallest absolute Gasteiger partial charge is 0.251 e. The van der Waals surface area contributed by atoms with Crippen LogP contribution in [0.25, 0.3) is 0 Å². The third-order valence-electron chi connectivity index (χ3n) is 2.34. The lowest BCUT2D eigenvalue weighted by Gasteiger charge is -2.09. The highest BCUT2D eigenvalue weighted by Crippen LogP contribution is 2.23. The zero-order chi connectivity index (χ0) is 13.3. The van der Waals surface area contributed by atoms with Crippen LogP contribution in [0.2, 0.25) is 0 Å². The fourth-order valence-corrected chi connectivity index (χ4v) is 1.39. The lowest BCUT2D eigenvalue weighted by Crippen LogP contribution is -2.03. The van der Waals surface area contributed by atoms with Crippen molar-refractivity contribution in [1.29, 1.82) is 0 Å². The van der Waals surface area contributed by atoms with Gasteiger partial charge in [-0.2, -0.15) is 9.37 Å². The van der Waals surface area contributed by atoms with Gasteiger partial charge in [0.2, 0.25) is 0 Å². The van der Waals surface area contributed by atoms with Gasteiger partial charge in [-0.25, -0.2) is 13.2 Å². The lowest BCUT2D eigenvalue weighted by atomic mass is 10.2. The Morgan fingerprint density at radius 3 is 2.44 bits per heavy atom. The summed E-state index contributed by atoms with van der Waals surface area (Å²) in [6.07, 6.45) is 0. The zero-order valence-corrected chi connectivity index (χ0v) is 9.27. The van der Waals surface area contributed by atoms with Gasteiger partial charge in [-0.1, -0.05) is 6.07 Å². The summed E-state index contributed by atoms with van der Waals surface area (Å²) in [5.74, 6) is -4.90. The second-order valence-electron chi connectivity index (χ2n) is 3.68. The molecule has 6 heteroatoms. The van der Waals surface area contributed by atoms with Crippen LogP contribution in [-0.2, 0) is 0 Å². The number of rotatable bonds is 2. The summed E-state index contributed by atoms with van der Waals surface area (Å²) in [5.41, 5.74) is 0.842. The van der Waals surface area contributed by atoms with E-state index in [0.717, 1.165) is 6.07 Å². The molecule has 0 radical (unpaired) electrons. The van der Waals surface area contributed by atoms with Gasteiger partial charge in [-0.3, -0.25) is 0 Å². The quantitative estimate of drug-likeness (QED) is 0.654. The van der Waals surface area contributed by atoms with E-state index in [1.807, 2.05) is 0 Å². The third kappa shape index (κ3) is 2.42. The number of nitrogens with one attached hydrogen (secondary N) is 1. The van der Waals surface area contributed by atoms with Crippen LogP contribution in [0.1, 0.15) is 5.56 Å². The predicted octanol–water partition coefficient (Wildman–Crippen LogP) is 3.69. The van der Waals surface area contributed by atoms with Crippen LogP contribution in [0, 0.1) is 30.3 Å². The van der Waals surface area contributed by atoms with E-state index in [-0.39, 0.29) is 5.69 Å². The number of hydrogen-bond acceptors (Lipinski definition) is 2. The van der Waals surface area contributed by atoms with Gasteiger partial charge >= 0.3 is 0 Å². The minimum atomic E-state index is -1.42. The van der Waals surface area contributed by atoms with Crippen LogP contribution < -0.4 is 5.32 Å². The molecule has 0 atom stereocenters. The van der Waals surface area contributed by atoms with Crippen molar-refractivity contribution in [3.63, 3.8) is 0 Å². The molecule has 1 N–H and O–H groups in total. The standard InChI is InChI=1S/C12H8F4N2/c1-6-2-3-7(13)4-10(6)17-12-9(15)5-8(14)11(16)18-12/h2-5H,1H3,(H,17,18). The van der Waals surface area contributed by atoms with Crippen molar-refractivity contribution in [2.75, 3.05) is 5.32 Å². The molecule has 0 fully saturated rings. The van der Waals surface area contributed by atoms with Crippen molar-refractivity contribution in [3.8, 4) is 0 Å². The van der Waals surface area contributed by atoms with Crippen molar-refractivity contribution >= 4 is 11.5 Å². The van der Waals surface area contributed by atoms with Gasteiger partial charge in [-0.15, -0.1) is 0 Å². The van der Waals surface area contributed by atoms with Crippen LogP contribution in [0.15, 0.2) is 24.3 Å². The maximum absolute atomic E-state index is 13.3. The van der Waals surface area contributed by atoms with Crippen LogP contribution >= 0.6 is 0 Å². The van der Waals surface area contributed by atoms with E-state index in [4.69, 9.17) is 0 Å². The molecule has 2 rings (SSSR count). The monoisotopic (exact) mass is 256 g/mol. The van der Waals surface area contributed by atoms with Crippen molar-refractivity contribution in [1.82, 2.24) is 4.98 Å². The van der Waals surface area contributed by atoms with Crippen molar-refractivity contribution in [2.24, 2.45) is 0 Å². The van der Waals surface area contributed by atoms with E-state index in [0.29, 0.717) is 11.6 Å². The van der Waals surface area contributed by atoms with Crippen LogP contribution in [0.3, 0.4) is 0 Å². The second-order valence-corrected chi connectivity index (χ2v) is 3.68. The van der Waals surface area contributed by atoms with Crippen molar-refractivity contribution in [3.05, 3.63) is 53.2 Å². The first-order valence-electron chi connectivity index (χ1n) is 5.02. The normalized spacial score (nSPS) is 10.5. The van der Waals surface area contributed by atoms with E-state index in [1.54, 1.807) is 6.92 Å². The number of nitrogens with zero attached hydrogens (tertiary/aromatic N) is 1.